The molecule has 0 aromatic heterocycles. The molecule has 0 bridgehead atoms. The van der Waals surface area contributed by atoms with E-state index in [0.717, 1.165) is 49.4 Å². The van der Waals surface area contributed by atoms with Gasteiger partial charge in [0.1, 0.15) is 19.7 Å². The third-order valence-electron chi connectivity index (χ3n) is 11.1. The highest BCUT2D eigenvalue weighted by Crippen LogP contribution is 2.48. The molecular weight excluding hydrogens is 671 g/mol. The van der Waals surface area contributed by atoms with E-state index in [1.54, 1.807) is 41.3 Å². The van der Waals surface area contributed by atoms with Crippen LogP contribution in [0.5, 0.6) is 0 Å². The lowest BCUT2D eigenvalue weighted by Gasteiger charge is -2.30. The molecule has 9 aromatic rings. The topological polar surface area (TPSA) is 6.48 Å². The van der Waals surface area contributed by atoms with Crippen molar-refractivity contribution in [1.29, 1.82) is 0 Å². The Morgan fingerprint density at radius 2 is 0.906 bits per heavy atom. The zero-order valence-corrected chi connectivity index (χ0v) is 30.3. The van der Waals surface area contributed by atoms with Gasteiger partial charge in [-0.2, -0.15) is 0 Å². The first-order chi connectivity index (χ1) is 25.9. The predicted molar refractivity (Wildman–Crippen MR) is 222 cm³/mol. The maximum Gasteiger partial charge on any atom is 0.147 e. The zero-order chi connectivity index (χ0) is 35.8. The SMILES string of the molecule is C[Si]1(C)c2ccccc2-c2ccc(N(c3ccccc3)c3ccc4ccc5c(N(c6ccccc6F)c6ccccc6F)ccc6ccc3c4c65)cc21. The number of hydrogen-bond acceptors (Lipinski definition) is 2. The Kier molecular flexibility index (Phi) is 7.04. The quantitative estimate of drug-likeness (QED) is 0.126. The van der Waals surface area contributed by atoms with Crippen LogP contribution in [0.4, 0.5) is 42.9 Å². The summed E-state index contributed by atoms with van der Waals surface area (Å²) in [5.41, 5.74) is 7.23. The van der Waals surface area contributed by atoms with Crippen molar-refractivity contribution in [2.24, 2.45) is 0 Å². The molecule has 9 aromatic carbocycles. The Balaban J connectivity index is 1.22. The average Bonchev–Trinajstić information content (AvgIpc) is 3.42. The van der Waals surface area contributed by atoms with Crippen molar-refractivity contribution in [1.82, 2.24) is 0 Å². The van der Waals surface area contributed by atoms with Crippen LogP contribution >= 0.6 is 0 Å². The summed E-state index contributed by atoms with van der Waals surface area (Å²) in [6.45, 7) is 4.90. The van der Waals surface area contributed by atoms with Crippen LogP contribution in [0.15, 0.2) is 170 Å². The van der Waals surface area contributed by atoms with Crippen LogP contribution < -0.4 is 20.2 Å². The number of anilines is 6. The number of nitrogens with zero attached hydrogens (tertiary/aromatic N) is 2. The van der Waals surface area contributed by atoms with E-state index in [1.807, 2.05) is 6.07 Å². The Hall–Kier alpha value is -6.30. The van der Waals surface area contributed by atoms with Crippen molar-refractivity contribution in [2.45, 2.75) is 13.1 Å². The van der Waals surface area contributed by atoms with Crippen molar-refractivity contribution in [3.05, 3.63) is 181 Å². The Morgan fingerprint density at radius 1 is 0.396 bits per heavy atom. The number of rotatable bonds is 6. The molecular formula is C48H34F2N2Si. The number of halogens is 2. The van der Waals surface area contributed by atoms with E-state index in [2.05, 4.69) is 133 Å². The second-order valence-electron chi connectivity index (χ2n) is 14.4. The molecule has 0 fully saturated rings. The summed E-state index contributed by atoms with van der Waals surface area (Å²) in [6, 6.07) is 56.7. The summed E-state index contributed by atoms with van der Waals surface area (Å²) >= 11 is 0. The highest BCUT2D eigenvalue weighted by atomic mass is 28.3. The fourth-order valence-corrected chi connectivity index (χ4v) is 11.7. The van der Waals surface area contributed by atoms with Gasteiger partial charge < -0.3 is 9.80 Å². The van der Waals surface area contributed by atoms with Crippen molar-refractivity contribution in [3.63, 3.8) is 0 Å². The standard InChI is InChI=1S/C48H34F2N2Si/c1-53(2)45-19-11-6-14-35(45)36-27-24-34(30-46(36)53)51(33-12-4-3-5-13-33)41-28-22-31-21-26-38-42(29-23-32-20-25-37(41)47(31)48(32)38)52(43-17-9-7-15-39(43)49)44-18-10-8-16-40(44)50/h3-30H,1-2H3. The van der Waals surface area contributed by atoms with E-state index in [-0.39, 0.29) is 11.4 Å². The van der Waals surface area contributed by atoms with Gasteiger partial charge in [-0.3, -0.25) is 0 Å². The van der Waals surface area contributed by atoms with Crippen LogP contribution in [0.1, 0.15) is 0 Å². The molecule has 1 aliphatic rings. The van der Waals surface area contributed by atoms with E-state index >= 15 is 8.78 Å². The lowest BCUT2D eigenvalue weighted by molar-refractivity contribution is 0.620. The number of fused-ring (bicyclic) bond motifs is 3. The van der Waals surface area contributed by atoms with Gasteiger partial charge in [0.15, 0.2) is 0 Å². The van der Waals surface area contributed by atoms with Gasteiger partial charge in [-0.05, 0) is 104 Å². The highest BCUT2D eigenvalue weighted by molar-refractivity contribution is 7.03. The van der Waals surface area contributed by atoms with Gasteiger partial charge in [-0.15, -0.1) is 0 Å². The minimum Gasteiger partial charge on any atom is -0.310 e. The van der Waals surface area contributed by atoms with Crippen LogP contribution in [-0.2, 0) is 0 Å². The van der Waals surface area contributed by atoms with Gasteiger partial charge >= 0.3 is 0 Å². The van der Waals surface area contributed by atoms with E-state index in [9.17, 15) is 0 Å². The molecule has 0 amide bonds. The second kappa shape index (κ2) is 11.9. The lowest BCUT2D eigenvalue weighted by Crippen LogP contribution is -2.49. The van der Waals surface area contributed by atoms with Crippen molar-refractivity contribution in [2.75, 3.05) is 9.80 Å². The molecule has 0 spiro atoms. The van der Waals surface area contributed by atoms with Crippen LogP contribution in [0.2, 0.25) is 13.1 Å². The Bertz CT molecular complexity index is 2820. The predicted octanol–water partition coefficient (Wildman–Crippen LogP) is 12.6. The molecule has 0 unspecified atom stereocenters. The third kappa shape index (κ3) is 4.74. The molecule has 1 aliphatic heterocycles. The molecule has 2 nitrogen and oxygen atoms in total. The first-order valence-electron chi connectivity index (χ1n) is 18.0. The van der Waals surface area contributed by atoms with Gasteiger partial charge in [-0.1, -0.05) is 122 Å². The first kappa shape index (κ1) is 31.4. The molecule has 0 saturated heterocycles. The molecule has 1 heterocycles. The number of para-hydroxylation sites is 3. The molecule has 10 rings (SSSR count). The maximum atomic E-state index is 15.6. The van der Waals surface area contributed by atoms with Crippen LogP contribution in [0, 0.1) is 11.6 Å². The molecule has 5 heteroatoms. The summed E-state index contributed by atoms with van der Waals surface area (Å²) in [5.74, 6) is -0.850. The van der Waals surface area contributed by atoms with E-state index in [1.165, 1.54) is 33.6 Å². The second-order valence-corrected chi connectivity index (χ2v) is 18.7. The molecule has 0 N–H and O–H groups in total. The van der Waals surface area contributed by atoms with E-state index in [0.29, 0.717) is 5.69 Å². The summed E-state index contributed by atoms with van der Waals surface area (Å²) < 4.78 is 31.3. The highest BCUT2D eigenvalue weighted by Gasteiger charge is 2.37. The van der Waals surface area contributed by atoms with Crippen molar-refractivity contribution >= 4 is 84.9 Å². The number of hydrogen-bond donors (Lipinski definition) is 0. The fraction of sp³-hybridized carbons (Fsp3) is 0.0417. The summed E-state index contributed by atoms with van der Waals surface area (Å²) in [4.78, 5) is 4.09. The monoisotopic (exact) mass is 704 g/mol. The van der Waals surface area contributed by atoms with E-state index in [4.69, 9.17) is 0 Å². The molecule has 0 saturated carbocycles. The summed E-state index contributed by atoms with van der Waals surface area (Å²) in [7, 11) is -1.93. The van der Waals surface area contributed by atoms with E-state index < -0.39 is 19.7 Å². The minimum absolute atomic E-state index is 0.286. The smallest absolute Gasteiger partial charge is 0.147 e. The molecule has 0 aliphatic carbocycles. The first-order valence-corrected chi connectivity index (χ1v) is 21.0. The zero-order valence-electron chi connectivity index (χ0n) is 29.3. The van der Waals surface area contributed by atoms with Crippen molar-refractivity contribution in [3.8, 4) is 11.1 Å². The van der Waals surface area contributed by atoms with Crippen molar-refractivity contribution < 1.29 is 8.78 Å². The normalized spacial score (nSPS) is 13.1. The van der Waals surface area contributed by atoms with Gasteiger partial charge in [0, 0.05) is 22.1 Å². The third-order valence-corrected chi connectivity index (χ3v) is 14.7. The van der Waals surface area contributed by atoms with Gasteiger partial charge in [0.05, 0.1) is 22.7 Å². The molecule has 254 valence electrons. The summed E-state index contributed by atoms with van der Waals surface area (Å²) in [5, 5.41) is 9.29. The lowest BCUT2D eigenvalue weighted by atomic mass is 9.91. The minimum atomic E-state index is -1.93. The molecule has 0 radical (unpaired) electrons. The van der Waals surface area contributed by atoms with Gasteiger partial charge in [0.25, 0.3) is 0 Å². The van der Waals surface area contributed by atoms with Crippen LogP contribution in [0.3, 0.4) is 0 Å². The Labute approximate surface area is 308 Å². The molecule has 0 atom stereocenters. The fourth-order valence-electron chi connectivity index (χ4n) is 8.65. The average molecular weight is 705 g/mol. The molecule has 53 heavy (non-hydrogen) atoms. The van der Waals surface area contributed by atoms with Gasteiger partial charge in [0.2, 0.25) is 0 Å². The number of benzene rings is 9. The Morgan fingerprint density at radius 3 is 1.53 bits per heavy atom. The van der Waals surface area contributed by atoms with Crippen LogP contribution in [-0.4, -0.2) is 8.07 Å². The maximum absolute atomic E-state index is 15.6. The van der Waals surface area contributed by atoms with Gasteiger partial charge in [-0.25, -0.2) is 8.78 Å². The largest absolute Gasteiger partial charge is 0.310 e. The summed E-state index contributed by atoms with van der Waals surface area (Å²) in [6.07, 6.45) is 0. The van der Waals surface area contributed by atoms with Crippen LogP contribution in [0.25, 0.3) is 43.4 Å².